The Morgan fingerprint density at radius 3 is 2.60 bits per heavy atom. The third-order valence-electron chi connectivity index (χ3n) is 3.90. The highest BCUT2D eigenvalue weighted by Crippen LogP contribution is 2.39. The number of nitrogens with zero attached hydrogens (tertiary/aromatic N) is 1. The van der Waals surface area contributed by atoms with Gasteiger partial charge < -0.3 is 15.2 Å². The molecule has 8 heteroatoms. The maximum atomic E-state index is 10.6. The topological polar surface area (TPSA) is 71.5 Å². The van der Waals surface area contributed by atoms with Crippen LogP contribution in [0.4, 0.5) is 13.2 Å². The number of carboxylic acids is 1. The lowest BCUT2D eigenvalue weighted by atomic mass is 9.93. The van der Waals surface area contributed by atoms with Crippen LogP contribution in [0.25, 0.3) is 5.57 Å². The SMILES string of the molecule is CC(C)Oc1cncc(C2=CC3CNCC2C3)c1.O=C(O)C(F)(F)F. The van der Waals surface area contributed by atoms with E-state index in [9.17, 15) is 13.2 Å². The third-order valence-corrected chi connectivity index (χ3v) is 3.90. The van der Waals surface area contributed by atoms with Crippen molar-refractivity contribution < 1.29 is 27.8 Å². The van der Waals surface area contributed by atoms with Crippen LogP contribution in [0.15, 0.2) is 24.5 Å². The molecule has 0 spiro atoms. The number of alkyl halides is 3. The van der Waals surface area contributed by atoms with E-state index in [-0.39, 0.29) is 6.10 Å². The van der Waals surface area contributed by atoms with Crippen molar-refractivity contribution in [1.29, 1.82) is 0 Å². The van der Waals surface area contributed by atoms with Crippen molar-refractivity contribution in [1.82, 2.24) is 10.3 Å². The molecule has 1 aromatic heterocycles. The zero-order chi connectivity index (χ0) is 18.6. The van der Waals surface area contributed by atoms with Gasteiger partial charge in [-0.25, -0.2) is 4.79 Å². The predicted molar refractivity (Wildman–Crippen MR) is 86.1 cm³/mol. The number of carboxylic acid groups (broad SMARTS) is 1. The van der Waals surface area contributed by atoms with Crippen molar-refractivity contribution >= 4 is 11.5 Å². The summed E-state index contributed by atoms with van der Waals surface area (Å²) < 4.78 is 37.5. The molecule has 2 bridgehead atoms. The average molecular weight is 358 g/mol. The second-order valence-electron chi connectivity index (χ2n) is 6.35. The summed E-state index contributed by atoms with van der Waals surface area (Å²) in [6, 6.07) is 2.12. The minimum atomic E-state index is -5.08. The van der Waals surface area contributed by atoms with Crippen LogP contribution in [0.3, 0.4) is 0 Å². The van der Waals surface area contributed by atoms with E-state index in [4.69, 9.17) is 14.6 Å². The Kier molecular flexibility index (Phi) is 6.05. The van der Waals surface area contributed by atoms with Crippen molar-refractivity contribution in [2.24, 2.45) is 11.8 Å². The van der Waals surface area contributed by atoms with Crippen molar-refractivity contribution in [2.75, 3.05) is 13.1 Å². The smallest absolute Gasteiger partial charge is 0.489 e. The highest BCUT2D eigenvalue weighted by atomic mass is 19.4. The standard InChI is InChI=1S/C15H20N2O.C2HF3O2/c1-10(2)18-14-5-13(8-17-9-14)15-4-11-3-12(15)7-16-6-11;3-2(4,5)1(6)7/h4-5,8-12,16H,3,6-7H2,1-2H3;(H,6,7). The number of carbonyl (C=O) groups is 1. The molecule has 0 saturated carbocycles. The normalized spacial score (nSPS) is 22.1. The molecule has 2 N–H and O–H groups in total. The van der Waals surface area contributed by atoms with Crippen LogP contribution in [-0.2, 0) is 4.79 Å². The van der Waals surface area contributed by atoms with Gasteiger partial charge in [-0.1, -0.05) is 6.08 Å². The molecule has 1 aliphatic heterocycles. The number of hydrogen-bond acceptors (Lipinski definition) is 4. The van der Waals surface area contributed by atoms with E-state index in [0.29, 0.717) is 11.8 Å². The van der Waals surface area contributed by atoms with Gasteiger partial charge in [0.15, 0.2) is 0 Å². The lowest BCUT2D eigenvalue weighted by molar-refractivity contribution is -0.192. The molecule has 0 aromatic carbocycles. The molecular formula is C17H21F3N2O3. The van der Waals surface area contributed by atoms with E-state index in [2.05, 4.69) is 22.4 Å². The van der Waals surface area contributed by atoms with E-state index < -0.39 is 12.1 Å². The minimum absolute atomic E-state index is 0.195. The Hall–Kier alpha value is -2.09. The quantitative estimate of drug-likeness (QED) is 0.869. The van der Waals surface area contributed by atoms with E-state index in [1.807, 2.05) is 20.0 Å². The van der Waals surface area contributed by atoms with Gasteiger partial charge >= 0.3 is 12.1 Å². The number of ether oxygens (including phenoxy) is 1. The average Bonchev–Trinajstić information content (AvgIpc) is 2.80. The summed E-state index contributed by atoms with van der Waals surface area (Å²) in [6.07, 6.45) is 2.57. The van der Waals surface area contributed by atoms with Crippen molar-refractivity contribution in [3.05, 3.63) is 30.1 Å². The van der Waals surface area contributed by atoms with Crippen LogP contribution in [0.2, 0.25) is 0 Å². The predicted octanol–water partition coefficient (Wildman–Crippen LogP) is 3.12. The van der Waals surface area contributed by atoms with Gasteiger partial charge in [0.2, 0.25) is 0 Å². The third kappa shape index (κ3) is 5.45. The summed E-state index contributed by atoms with van der Waals surface area (Å²) >= 11 is 0. The first-order valence-electron chi connectivity index (χ1n) is 8.01. The Morgan fingerprint density at radius 2 is 2.04 bits per heavy atom. The Morgan fingerprint density at radius 1 is 1.36 bits per heavy atom. The molecule has 0 amide bonds. The van der Waals surface area contributed by atoms with E-state index in [0.717, 1.165) is 18.8 Å². The summed E-state index contributed by atoms with van der Waals surface area (Å²) in [4.78, 5) is 13.2. The zero-order valence-electron chi connectivity index (χ0n) is 14.0. The van der Waals surface area contributed by atoms with Gasteiger partial charge in [-0.15, -0.1) is 0 Å². The monoisotopic (exact) mass is 358 g/mol. The number of rotatable bonds is 3. The molecular weight excluding hydrogens is 337 g/mol. The molecule has 2 aliphatic rings. The van der Waals surface area contributed by atoms with Gasteiger partial charge in [0.25, 0.3) is 0 Å². The molecule has 1 aromatic rings. The summed E-state index contributed by atoms with van der Waals surface area (Å²) in [5.74, 6) is -0.529. The number of aromatic nitrogens is 1. The largest absolute Gasteiger partial charge is 0.490 e. The molecule has 2 heterocycles. The molecule has 1 aliphatic carbocycles. The maximum Gasteiger partial charge on any atom is 0.490 e. The molecule has 0 radical (unpaired) electrons. The zero-order valence-corrected chi connectivity index (χ0v) is 14.0. The maximum absolute atomic E-state index is 10.6. The fraction of sp³-hybridized carbons (Fsp3) is 0.529. The van der Waals surface area contributed by atoms with Crippen LogP contribution in [0.5, 0.6) is 5.75 Å². The van der Waals surface area contributed by atoms with Crippen molar-refractivity contribution in [3.63, 3.8) is 0 Å². The van der Waals surface area contributed by atoms with E-state index in [1.54, 1.807) is 6.20 Å². The van der Waals surface area contributed by atoms with Gasteiger partial charge in [0, 0.05) is 19.3 Å². The molecule has 25 heavy (non-hydrogen) atoms. The van der Waals surface area contributed by atoms with Crippen LogP contribution < -0.4 is 10.1 Å². The molecule has 3 rings (SSSR count). The minimum Gasteiger partial charge on any atom is -0.489 e. The molecule has 2 unspecified atom stereocenters. The second-order valence-corrected chi connectivity index (χ2v) is 6.35. The molecule has 138 valence electrons. The highest BCUT2D eigenvalue weighted by molar-refractivity contribution is 5.73. The number of pyridine rings is 1. The fourth-order valence-corrected chi connectivity index (χ4v) is 2.97. The Labute approximate surface area is 143 Å². The van der Waals surface area contributed by atoms with Crippen LogP contribution in [0, 0.1) is 11.8 Å². The van der Waals surface area contributed by atoms with Crippen LogP contribution in [-0.4, -0.2) is 41.4 Å². The van der Waals surface area contributed by atoms with Gasteiger partial charge in [-0.05, 0) is 49.3 Å². The van der Waals surface area contributed by atoms with Crippen molar-refractivity contribution in [2.45, 2.75) is 32.5 Å². The molecule has 1 saturated heterocycles. The Balaban J connectivity index is 0.000000277. The van der Waals surface area contributed by atoms with Crippen LogP contribution in [0.1, 0.15) is 25.8 Å². The summed E-state index contributed by atoms with van der Waals surface area (Å²) in [7, 11) is 0. The van der Waals surface area contributed by atoms with Gasteiger partial charge in [0.1, 0.15) is 5.75 Å². The van der Waals surface area contributed by atoms with E-state index >= 15 is 0 Å². The highest BCUT2D eigenvalue weighted by Gasteiger charge is 2.38. The fourth-order valence-electron chi connectivity index (χ4n) is 2.97. The van der Waals surface area contributed by atoms with Crippen LogP contribution >= 0.6 is 0 Å². The Bertz CT molecular complexity index is 644. The number of fused-ring (bicyclic) bond motifs is 2. The summed E-state index contributed by atoms with van der Waals surface area (Å²) in [5.41, 5.74) is 2.68. The first-order chi connectivity index (χ1) is 11.7. The molecule has 1 fully saturated rings. The number of piperidine rings is 1. The summed E-state index contributed by atoms with van der Waals surface area (Å²) in [5, 5.41) is 10.6. The number of nitrogens with one attached hydrogen (secondary N) is 1. The first-order valence-corrected chi connectivity index (χ1v) is 8.01. The summed E-state index contributed by atoms with van der Waals surface area (Å²) in [6.45, 7) is 6.30. The number of aliphatic carboxylic acids is 1. The van der Waals surface area contributed by atoms with Crippen molar-refractivity contribution in [3.8, 4) is 5.75 Å². The van der Waals surface area contributed by atoms with E-state index in [1.165, 1.54) is 17.6 Å². The molecule has 5 nitrogen and oxygen atoms in total. The lowest BCUT2D eigenvalue weighted by Gasteiger charge is -2.22. The van der Waals surface area contributed by atoms with Gasteiger partial charge in [-0.2, -0.15) is 13.2 Å². The van der Waals surface area contributed by atoms with Gasteiger partial charge in [-0.3, -0.25) is 4.98 Å². The lowest BCUT2D eigenvalue weighted by Crippen LogP contribution is -2.31. The number of hydrogen-bond donors (Lipinski definition) is 2. The number of halogens is 3. The van der Waals surface area contributed by atoms with Gasteiger partial charge in [0.05, 0.1) is 12.3 Å². The first kappa shape index (κ1) is 19.2. The second kappa shape index (κ2) is 7.86. The molecule has 2 atom stereocenters.